The normalized spacial score (nSPS) is 10.3. The van der Waals surface area contributed by atoms with Crippen LogP contribution >= 0.6 is 15.9 Å². The molecule has 0 aromatic heterocycles. The van der Waals surface area contributed by atoms with E-state index in [9.17, 15) is 14.4 Å². The zero-order chi connectivity index (χ0) is 20.8. The second-order valence-corrected chi connectivity index (χ2v) is 6.75. The number of hydrazine groups is 1. The molecule has 3 aromatic rings. The van der Waals surface area contributed by atoms with Crippen molar-refractivity contribution in [3.8, 4) is 5.75 Å². The summed E-state index contributed by atoms with van der Waals surface area (Å²) in [5, 5.41) is 2.01. The molecule has 0 radical (unpaired) electrons. The average molecular weight is 457 g/mol. The smallest absolute Gasteiger partial charge is 0.337 e. The molecule has 29 heavy (non-hydrogen) atoms. The number of ether oxygens (including phenoxy) is 2. The molecular weight excluding hydrogens is 440 g/mol. The van der Waals surface area contributed by atoms with E-state index < -0.39 is 17.8 Å². The Balaban J connectivity index is 1.53. The van der Waals surface area contributed by atoms with E-state index in [0.717, 1.165) is 15.2 Å². The minimum Gasteiger partial charge on any atom is -0.483 e. The van der Waals surface area contributed by atoms with Gasteiger partial charge in [-0.1, -0.05) is 30.3 Å². The van der Waals surface area contributed by atoms with Gasteiger partial charge >= 0.3 is 5.97 Å². The Morgan fingerprint density at radius 1 is 0.897 bits per heavy atom. The number of benzene rings is 3. The highest BCUT2D eigenvalue weighted by atomic mass is 79.9. The Labute approximate surface area is 175 Å². The summed E-state index contributed by atoms with van der Waals surface area (Å²) in [7, 11) is 1.27. The molecule has 0 bridgehead atoms. The summed E-state index contributed by atoms with van der Waals surface area (Å²) >= 11 is 3.49. The summed E-state index contributed by atoms with van der Waals surface area (Å²) in [5.74, 6) is -1.03. The molecule has 0 aliphatic rings. The molecule has 0 aliphatic heterocycles. The van der Waals surface area contributed by atoms with E-state index in [1.165, 1.54) is 31.4 Å². The highest BCUT2D eigenvalue weighted by Crippen LogP contribution is 2.32. The zero-order valence-electron chi connectivity index (χ0n) is 15.4. The van der Waals surface area contributed by atoms with E-state index in [1.807, 2.05) is 30.3 Å². The van der Waals surface area contributed by atoms with Crippen molar-refractivity contribution in [3.05, 3.63) is 76.3 Å². The van der Waals surface area contributed by atoms with E-state index in [4.69, 9.17) is 4.74 Å². The standard InChI is InChI=1S/C21H17BrN2O5/c1-28-21(27)15-8-6-14(7-9-15)20(26)24-23-18(25)12-29-17-11-10-13-4-2-3-5-16(13)19(17)22/h2-11H,12H2,1H3,(H,23,25)(H,24,26). The van der Waals surface area contributed by atoms with Crippen LogP contribution in [0.2, 0.25) is 0 Å². The van der Waals surface area contributed by atoms with Crippen LogP contribution in [0.3, 0.4) is 0 Å². The molecule has 0 saturated carbocycles. The molecule has 2 N–H and O–H groups in total. The highest BCUT2D eigenvalue weighted by Gasteiger charge is 2.11. The van der Waals surface area contributed by atoms with Crippen LogP contribution in [0, 0.1) is 0 Å². The van der Waals surface area contributed by atoms with Gasteiger partial charge in [-0.25, -0.2) is 4.79 Å². The Bertz CT molecular complexity index is 1070. The van der Waals surface area contributed by atoms with Gasteiger partial charge in [-0.05, 0) is 57.0 Å². The number of carbonyl (C=O) groups is 3. The largest absolute Gasteiger partial charge is 0.483 e. The monoisotopic (exact) mass is 456 g/mol. The van der Waals surface area contributed by atoms with Crippen LogP contribution in [-0.4, -0.2) is 31.5 Å². The van der Waals surface area contributed by atoms with Crippen LogP contribution in [0.1, 0.15) is 20.7 Å². The first kappa shape index (κ1) is 20.3. The average Bonchev–Trinajstić information content (AvgIpc) is 2.76. The van der Waals surface area contributed by atoms with Crippen molar-refractivity contribution in [2.75, 3.05) is 13.7 Å². The molecule has 7 nitrogen and oxygen atoms in total. The van der Waals surface area contributed by atoms with E-state index in [2.05, 4.69) is 31.5 Å². The van der Waals surface area contributed by atoms with E-state index in [-0.39, 0.29) is 12.2 Å². The first-order chi connectivity index (χ1) is 14.0. The molecule has 0 heterocycles. The van der Waals surface area contributed by atoms with Gasteiger partial charge in [-0.15, -0.1) is 0 Å². The molecule has 3 rings (SSSR count). The number of fused-ring (bicyclic) bond motifs is 1. The lowest BCUT2D eigenvalue weighted by Gasteiger charge is -2.11. The maximum atomic E-state index is 12.1. The molecule has 3 aromatic carbocycles. The van der Waals surface area contributed by atoms with Crippen molar-refractivity contribution >= 4 is 44.5 Å². The number of hydrogen-bond acceptors (Lipinski definition) is 5. The number of nitrogens with one attached hydrogen (secondary N) is 2. The van der Waals surface area contributed by atoms with Crippen molar-refractivity contribution < 1.29 is 23.9 Å². The van der Waals surface area contributed by atoms with Gasteiger partial charge in [-0.3, -0.25) is 20.4 Å². The third-order valence-corrected chi connectivity index (χ3v) is 4.89. The Kier molecular flexibility index (Phi) is 6.46. The van der Waals surface area contributed by atoms with Gasteiger partial charge in [0.1, 0.15) is 5.75 Å². The Morgan fingerprint density at radius 3 is 2.31 bits per heavy atom. The molecule has 0 spiro atoms. The van der Waals surface area contributed by atoms with Crippen LogP contribution in [0.5, 0.6) is 5.75 Å². The molecule has 0 unspecified atom stereocenters. The molecule has 148 valence electrons. The molecule has 0 atom stereocenters. The van der Waals surface area contributed by atoms with Crippen LogP contribution in [0.25, 0.3) is 10.8 Å². The number of amides is 2. The zero-order valence-corrected chi connectivity index (χ0v) is 17.0. The summed E-state index contributed by atoms with van der Waals surface area (Å²) in [4.78, 5) is 35.5. The number of rotatable bonds is 5. The molecule has 0 fully saturated rings. The summed E-state index contributed by atoms with van der Waals surface area (Å²) in [6.45, 7) is -0.279. The minimum absolute atomic E-state index is 0.274. The number of halogens is 1. The number of esters is 1. The minimum atomic E-state index is -0.526. The second kappa shape index (κ2) is 9.20. The summed E-state index contributed by atoms with van der Waals surface area (Å²) in [6, 6.07) is 17.3. The van der Waals surface area contributed by atoms with Gasteiger partial charge in [0.15, 0.2) is 6.61 Å². The maximum absolute atomic E-state index is 12.1. The lowest BCUT2D eigenvalue weighted by Crippen LogP contribution is -2.43. The topological polar surface area (TPSA) is 93.7 Å². The maximum Gasteiger partial charge on any atom is 0.337 e. The van der Waals surface area contributed by atoms with Crippen LogP contribution in [0.15, 0.2) is 65.1 Å². The molecule has 8 heteroatoms. The van der Waals surface area contributed by atoms with Crippen molar-refractivity contribution in [1.29, 1.82) is 0 Å². The highest BCUT2D eigenvalue weighted by molar-refractivity contribution is 9.10. The molecular formula is C21H17BrN2O5. The van der Waals surface area contributed by atoms with E-state index in [0.29, 0.717) is 11.3 Å². The summed E-state index contributed by atoms with van der Waals surface area (Å²) < 4.78 is 10.9. The third-order valence-electron chi connectivity index (χ3n) is 4.07. The third kappa shape index (κ3) is 4.91. The van der Waals surface area contributed by atoms with Gasteiger partial charge < -0.3 is 9.47 Å². The van der Waals surface area contributed by atoms with Gasteiger partial charge in [0, 0.05) is 5.56 Å². The molecule has 2 amide bonds. The fourth-order valence-corrected chi connectivity index (χ4v) is 3.19. The lowest BCUT2D eigenvalue weighted by atomic mass is 10.1. The number of methoxy groups -OCH3 is 1. The number of carbonyl (C=O) groups excluding carboxylic acids is 3. The molecule has 0 aliphatic carbocycles. The van der Waals surface area contributed by atoms with Crippen molar-refractivity contribution in [2.24, 2.45) is 0 Å². The Morgan fingerprint density at radius 2 is 1.59 bits per heavy atom. The lowest BCUT2D eigenvalue weighted by molar-refractivity contribution is -0.123. The van der Waals surface area contributed by atoms with Crippen molar-refractivity contribution in [1.82, 2.24) is 10.9 Å². The Hall–Kier alpha value is -3.39. The van der Waals surface area contributed by atoms with Crippen molar-refractivity contribution in [2.45, 2.75) is 0 Å². The van der Waals surface area contributed by atoms with Gasteiger partial charge in [0.25, 0.3) is 11.8 Å². The summed E-state index contributed by atoms with van der Waals surface area (Å²) in [5.41, 5.74) is 5.18. The fraction of sp³-hybridized carbons (Fsp3) is 0.0952. The molecule has 0 saturated heterocycles. The van der Waals surface area contributed by atoms with Crippen LogP contribution < -0.4 is 15.6 Å². The SMILES string of the molecule is COC(=O)c1ccc(C(=O)NNC(=O)COc2ccc3ccccc3c2Br)cc1. The van der Waals surface area contributed by atoms with Gasteiger partial charge in [0.05, 0.1) is 17.1 Å². The van der Waals surface area contributed by atoms with Crippen LogP contribution in [-0.2, 0) is 9.53 Å². The predicted octanol–water partition coefficient (Wildman–Crippen LogP) is 3.23. The quantitative estimate of drug-likeness (QED) is 0.454. The first-order valence-electron chi connectivity index (χ1n) is 8.57. The summed E-state index contributed by atoms with van der Waals surface area (Å²) in [6.07, 6.45) is 0. The van der Waals surface area contributed by atoms with Gasteiger partial charge in [-0.2, -0.15) is 0 Å². The van der Waals surface area contributed by atoms with E-state index in [1.54, 1.807) is 6.07 Å². The van der Waals surface area contributed by atoms with Crippen molar-refractivity contribution in [3.63, 3.8) is 0 Å². The van der Waals surface area contributed by atoms with Crippen LogP contribution in [0.4, 0.5) is 0 Å². The number of hydrogen-bond donors (Lipinski definition) is 2. The van der Waals surface area contributed by atoms with E-state index >= 15 is 0 Å². The first-order valence-corrected chi connectivity index (χ1v) is 9.36. The predicted molar refractivity (Wildman–Crippen MR) is 111 cm³/mol. The van der Waals surface area contributed by atoms with Gasteiger partial charge in [0.2, 0.25) is 0 Å². The fourth-order valence-electron chi connectivity index (χ4n) is 2.58. The second-order valence-electron chi connectivity index (χ2n) is 5.96.